The largest absolute Gasteiger partial charge is 0.480 e. The molecule has 6 heteroatoms. The van der Waals surface area contributed by atoms with Crippen molar-refractivity contribution in [2.75, 3.05) is 0 Å². The van der Waals surface area contributed by atoms with Crippen molar-refractivity contribution in [3.8, 4) is 0 Å². The zero-order chi connectivity index (χ0) is 13.7. The van der Waals surface area contributed by atoms with E-state index in [9.17, 15) is 9.59 Å². The number of hydrogen-bond donors (Lipinski definition) is 2. The van der Waals surface area contributed by atoms with Gasteiger partial charge in [0.1, 0.15) is 6.04 Å². The Balaban J connectivity index is 2.73. The molecule has 0 spiro atoms. The third-order valence-electron chi connectivity index (χ3n) is 2.44. The molecule has 2 N–H and O–H groups in total. The van der Waals surface area contributed by atoms with E-state index in [1.54, 1.807) is 25.1 Å². The Morgan fingerprint density at radius 3 is 2.33 bits per heavy atom. The minimum Gasteiger partial charge on any atom is -0.480 e. The first-order chi connectivity index (χ1) is 8.45. The Hall–Kier alpha value is -1.26. The van der Waals surface area contributed by atoms with Crippen LogP contribution in [0.5, 0.6) is 0 Å². The fourth-order valence-electron chi connectivity index (χ4n) is 1.45. The summed E-state index contributed by atoms with van der Waals surface area (Å²) in [6.45, 7) is 1.68. The quantitative estimate of drug-likeness (QED) is 0.875. The van der Waals surface area contributed by atoms with E-state index in [4.69, 9.17) is 28.3 Å². The van der Waals surface area contributed by atoms with Crippen molar-refractivity contribution in [2.24, 2.45) is 0 Å². The predicted octanol–water partition coefficient (Wildman–Crippen LogP) is 2.52. The predicted molar refractivity (Wildman–Crippen MR) is 70.0 cm³/mol. The molecule has 0 heterocycles. The van der Waals surface area contributed by atoms with E-state index < -0.39 is 17.9 Å². The zero-order valence-corrected chi connectivity index (χ0v) is 11.3. The number of carboxylic acid groups (broad SMARTS) is 1. The van der Waals surface area contributed by atoms with Crippen molar-refractivity contribution in [1.82, 2.24) is 5.32 Å². The number of benzene rings is 1. The van der Waals surface area contributed by atoms with Crippen molar-refractivity contribution >= 4 is 35.1 Å². The molecule has 1 amide bonds. The Labute approximate surface area is 115 Å². The molecule has 0 radical (unpaired) electrons. The lowest BCUT2D eigenvalue weighted by Crippen LogP contribution is -2.41. The number of aliphatic carboxylic acids is 1. The second kappa shape index (κ2) is 6.61. The first-order valence-electron chi connectivity index (χ1n) is 5.40. The van der Waals surface area contributed by atoms with Gasteiger partial charge in [0.2, 0.25) is 5.91 Å². The average molecular weight is 290 g/mol. The third-order valence-corrected chi connectivity index (χ3v) is 3.15. The maximum Gasteiger partial charge on any atom is 0.326 e. The smallest absolute Gasteiger partial charge is 0.326 e. The van der Waals surface area contributed by atoms with E-state index in [0.717, 1.165) is 0 Å². The monoisotopic (exact) mass is 289 g/mol. The highest BCUT2D eigenvalue weighted by atomic mass is 35.5. The van der Waals surface area contributed by atoms with Gasteiger partial charge in [-0.2, -0.15) is 0 Å². The molecule has 0 aliphatic rings. The molecule has 0 saturated carbocycles. The third kappa shape index (κ3) is 3.89. The van der Waals surface area contributed by atoms with E-state index in [1.807, 2.05) is 0 Å². The topological polar surface area (TPSA) is 66.4 Å². The number of carbonyl (C=O) groups is 2. The lowest BCUT2D eigenvalue weighted by molar-refractivity contribution is -0.141. The maximum absolute atomic E-state index is 11.7. The van der Waals surface area contributed by atoms with Crippen LogP contribution in [0, 0.1) is 0 Å². The van der Waals surface area contributed by atoms with Crippen LogP contribution < -0.4 is 5.32 Å². The van der Waals surface area contributed by atoms with Crippen molar-refractivity contribution in [3.05, 3.63) is 33.8 Å². The maximum atomic E-state index is 11.7. The summed E-state index contributed by atoms with van der Waals surface area (Å²) in [6, 6.07) is 4.05. The van der Waals surface area contributed by atoms with Crippen LogP contribution in [0.3, 0.4) is 0 Å². The molecule has 4 nitrogen and oxygen atoms in total. The molecule has 0 fully saturated rings. The van der Waals surface area contributed by atoms with Crippen LogP contribution in [0.1, 0.15) is 18.9 Å². The van der Waals surface area contributed by atoms with Gasteiger partial charge in [0.05, 0.1) is 6.42 Å². The van der Waals surface area contributed by atoms with E-state index in [0.29, 0.717) is 22.0 Å². The molecule has 18 heavy (non-hydrogen) atoms. The number of rotatable bonds is 5. The molecule has 0 saturated heterocycles. The van der Waals surface area contributed by atoms with E-state index in [1.165, 1.54) is 0 Å². The summed E-state index contributed by atoms with van der Waals surface area (Å²) < 4.78 is 0. The first kappa shape index (κ1) is 14.8. The summed E-state index contributed by atoms with van der Waals surface area (Å²) >= 11 is 11.9. The highest BCUT2D eigenvalue weighted by Crippen LogP contribution is 2.24. The summed E-state index contributed by atoms with van der Waals surface area (Å²) in [6.07, 6.45) is 0.277. The van der Waals surface area contributed by atoms with Gasteiger partial charge in [-0.25, -0.2) is 4.79 Å². The van der Waals surface area contributed by atoms with Crippen LogP contribution in [-0.4, -0.2) is 23.0 Å². The van der Waals surface area contributed by atoms with E-state index >= 15 is 0 Å². The molecule has 0 aliphatic heterocycles. The molecule has 1 unspecified atom stereocenters. The number of halogens is 2. The number of carbonyl (C=O) groups excluding carboxylic acids is 1. The van der Waals surface area contributed by atoms with Crippen LogP contribution in [0.15, 0.2) is 18.2 Å². The summed E-state index contributed by atoms with van der Waals surface area (Å²) in [5.41, 5.74) is 0.499. The lowest BCUT2D eigenvalue weighted by Gasteiger charge is -2.13. The van der Waals surface area contributed by atoms with Gasteiger partial charge in [0, 0.05) is 10.0 Å². The van der Waals surface area contributed by atoms with Crippen molar-refractivity contribution in [1.29, 1.82) is 0 Å². The zero-order valence-electron chi connectivity index (χ0n) is 9.74. The van der Waals surface area contributed by atoms with Gasteiger partial charge in [-0.15, -0.1) is 0 Å². The van der Waals surface area contributed by atoms with Gasteiger partial charge in [-0.1, -0.05) is 36.2 Å². The Morgan fingerprint density at radius 1 is 1.33 bits per heavy atom. The van der Waals surface area contributed by atoms with Crippen LogP contribution in [0.2, 0.25) is 10.0 Å². The second-order valence-electron chi connectivity index (χ2n) is 3.74. The highest BCUT2D eigenvalue weighted by molar-refractivity contribution is 6.36. The molecular formula is C12H13Cl2NO3. The molecule has 0 aliphatic carbocycles. The summed E-state index contributed by atoms with van der Waals surface area (Å²) in [4.78, 5) is 22.5. The molecule has 1 rings (SSSR count). The van der Waals surface area contributed by atoms with Gasteiger partial charge in [-0.05, 0) is 24.1 Å². The molecule has 1 aromatic rings. The molecule has 1 aromatic carbocycles. The average Bonchev–Trinajstić information content (AvgIpc) is 2.30. The normalized spacial score (nSPS) is 11.9. The van der Waals surface area contributed by atoms with Gasteiger partial charge in [-0.3, -0.25) is 4.79 Å². The molecular weight excluding hydrogens is 277 g/mol. The number of nitrogens with one attached hydrogen (secondary N) is 1. The minimum absolute atomic E-state index is 0.0394. The SMILES string of the molecule is CCC(NC(=O)Cc1c(Cl)cccc1Cl)C(=O)O. The van der Waals surface area contributed by atoms with Crippen molar-refractivity contribution in [3.63, 3.8) is 0 Å². The molecule has 0 bridgehead atoms. The first-order valence-corrected chi connectivity index (χ1v) is 6.16. The Bertz CT molecular complexity index is 442. The van der Waals surface area contributed by atoms with Gasteiger partial charge in [0.15, 0.2) is 0 Å². The van der Waals surface area contributed by atoms with E-state index in [-0.39, 0.29) is 6.42 Å². The van der Waals surface area contributed by atoms with Crippen molar-refractivity contribution in [2.45, 2.75) is 25.8 Å². The van der Waals surface area contributed by atoms with Crippen LogP contribution in [-0.2, 0) is 16.0 Å². The van der Waals surface area contributed by atoms with Gasteiger partial charge >= 0.3 is 5.97 Å². The Kier molecular flexibility index (Phi) is 5.44. The fraction of sp³-hybridized carbons (Fsp3) is 0.333. The fourth-order valence-corrected chi connectivity index (χ4v) is 1.98. The number of hydrogen-bond acceptors (Lipinski definition) is 2. The summed E-state index contributed by atoms with van der Waals surface area (Å²) in [5, 5.41) is 12.0. The van der Waals surface area contributed by atoms with Crippen LogP contribution in [0.25, 0.3) is 0 Å². The molecule has 98 valence electrons. The van der Waals surface area contributed by atoms with Crippen LogP contribution in [0.4, 0.5) is 0 Å². The minimum atomic E-state index is -1.06. The number of carboxylic acids is 1. The van der Waals surface area contributed by atoms with Gasteiger partial charge in [0.25, 0.3) is 0 Å². The van der Waals surface area contributed by atoms with Gasteiger partial charge < -0.3 is 10.4 Å². The second-order valence-corrected chi connectivity index (χ2v) is 4.56. The molecule has 0 aromatic heterocycles. The molecule has 1 atom stereocenters. The number of amides is 1. The lowest BCUT2D eigenvalue weighted by atomic mass is 10.1. The van der Waals surface area contributed by atoms with E-state index in [2.05, 4.69) is 5.32 Å². The summed E-state index contributed by atoms with van der Waals surface area (Å²) in [7, 11) is 0. The Morgan fingerprint density at radius 2 is 1.89 bits per heavy atom. The standard InChI is InChI=1S/C12H13Cl2NO3/c1-2-10(12(17)18)15-11(16)6-7-8(13)4-3-5-9(7)14/h3-5,10H,2,6H2,1H3,(H,15,16)(H,17,18). The van der Waals surface area contributed by atoms with Crippen molar-refractivity contribution < 1.29 is 14.7 Å². The highest BCUT2D eigenvalue weighted by Gasteiger charge is 2.18. The summed E-state index contributed by atoms with van der Waals surface area (Å²) in [5.74, 6) is -1.48. The van der Waals surface area contributed by atoms with Crippen LogP contribution >= 0.6 is 23.2 Å².